The number of anilines is 1. The van der Waals surface area contributed by atoms with Gasteiger partial charge in [0.2, 0.25) is 5.95 Å². The number of nitrogens with one attached hydrogen (secondary N) is 1. The quantitative estimate of drug-likeness (QED) is 0.763. The lowest BCUT2D eigenvalue weighted by molar-refractivity contribution is 0.248. The second kappa shape index (κ2) is 4.58. The van der Waals surface area contributed by atoms with Crippen molar-refractivity contribution in [1.29, 1.82) is 0 Å². The smallest absolute Gasteiger partial charge is 0.312 e. The third kappa shape index (κ3) is 2.47. The van der Waals surface area contributed by atoms with E-state index in [1.54, 1.807) is 10.8 Å². The van der Waals surface area contributed by atoms with E-state index < -0.39 is 6.03 Å². The molecule has 0 aliphatic carbocycles. The summed E-state index contributed by atoms with van der Waals surface area (Å²) >= 11 is 3.31. The predicted molar refractivity (Wildman–Crippen MR) is 67.2 cm³/mol. The Morgan fingerprint density at radius 3 is 3.06 bits per heavy atom. The molecule has 90 valence electrons. The maximum absolute atomic E-state index is 10.6. The van der Waals surface area contributed by atoms with Crippen LogP contribution in [0.15, 0.2) is 16.7 Å². The number of imidazole rings is 1. The summed E-state index contributed by atoms with van der Waals surface area (Å²) < 4.78 is 2.56. The van der Waals surface area contributed by atoms with Gasteiger partial charge in [-0.3, -0.25) is 4.57 Å². The first-order chi connectivity index (χ1) is 8.08. The number of amides is 2. The molecule has 0 saturated heterocycles. The van der Waals surface area contributed by atoms with E-state index in [4.69, 9.17) is 11.5 Å². The summed E-state index contributed by atoms with van der Waals surface area (Å²) in [5.41, 5.74) is 12.1. The predicted octanol–water partition coefficient (Wildman–Crippen LogP) is 0.444. The van der Waals surface area contributed by atoms with Crippen LogP contribution in [-0.4, -0.2) is 27.1 Å². The zero-order valence-corrected chi connectivity index (χ0v) is 10.4. The highest BCUT2D eigenvalue weighted by atomic mass is 79.9. The summed E-state index contributed by atoms with van der Waals surface area (Å²) in [6, 6.07) is 1.26. The van der Waals surface area contributed by atoms with Crippen LogP contribution in [0.3, 0.4) is 0 Å². The molecular formula is C9H11BrN6O. The fourth-order valence-corrected chi connectivity index (χ4v) is 1.83. The Balaban J connectivity index is 2.27. The summed E-state index contributed by atoms with van der Waals surface area (Å²) in [6.45, 7) is 0.850. The molecule has 2 aromatic heterocycles. The second-order valence-electron chi connectivity index (χ2n) is 3.41. The van der Waals surface area contributed by atoms with Crippen LogP contribution in [0.1, 0.15) is 0 Å². The van der Waals surface area contributed by atoms with E-state index in [2.05, 4.69) is 31.2 Å². The van der Waals surface area contributed by atoms with Crippen molar-refractivity contribution in [2.45, 2.75) is 6.54 Å². The summed E-state index contributed by atoms with van der Waals surface area (Å²) in [6.07, 6.45) is 1.67. The first-order valence-corrected chi connectivity index (χ1v) is 5.68. The number of nitrogens with two attached hydrogens (primary N) is 2. The van der Waals surface area contributed by atoms with Crippen LogP contribution < -0.4 is 16.8 Å². The van der Waals surface area contributed by atoms with Crippen molar-refractivity contribution in [2.75, 3.05) is 12.3 Å². The average molecular weight is 299 g/mol. The van der Waals surface area contributed by atoms with Crippen molar-refractivity contribution >= 4 is 39.1 Å². The Labute approximate surface area is 105 Å². The van der Waals surface area contributed by atoms with Gasteiger partial charge in [0, 0.05) is 23.8 Å². The first-order valence-electron chi connectivity index (χ1n) is 4.88. The third-order valence-electron chi connectivity index (χ3n) is 2.22. The van der Waals surface area contributed by atoms with Crippen molar-refractivity contribution < 1.29 is 4.79 Å². The van der Waals surface area contributed by atoms with Gasteiger partial charge in [0.15, 0.2) is 5.65 Å². The highest BCUT2D eigenvalue weighted by Gasteiger charge is 2.09. The molecule has 17 heavy (non-hydrogen) atoms. The van der Waals surface area contributed by atoms with Gasteiger partial charge < -0.3 is 16.8 Å². The van der Waals surface area contributed by atoms with Crippen LogP contribution in [0.25, 0.3) is 11.2 Å². The highest BCUT2D eigenvalue weighted by Crippen LogP contribution is 2.19. The summed E-state index contributed by atoms with van der Waals surface area (Å²) in [5.74, 6) is 0.358. The number of carbonyl (C=O) groups excluding carboxylic acids is 1. The fraction of sp³-hybridized carbons (Fsp3) is 0.222. The number of aromatic nitrogens is 3. The molecule has 0 unspecified atom stereocenters. The van der Waals surface area contributed by atoms with Gasteiger partial charge >= 0.3 is 6.03 Å². The van der Waals surface area contributed by atoms with Gasteiger partial charge in [-0.2, -0.15) is 0 Å². The molecule has 7 nitrogen and oxygen atoms in total. The van der Waals surface area contributed by atoms with Crippen molar-refractivity contribution in [2.24, 2.45) is 5.73 Å². The number of halogens is 1. The zero-order chi connectivity index (χ0) is 12.4. The molecular weight excluding hydrogens is 288 g/mol. The molecule has 0 atom stereocenters. The standard InChI is InChI=1S/C9H11BrN6O/c10-5-3-6-7(14-4-5)16(8(11)15-6)2-1-13-9(12)17/h3-4H,1-2H2,(H2,11,15)(H3,12,13,17). The maximum atomic E-state index is 10.6. The normalized spacial score (nSPS) is 10.6. The number of urea groups is 1. The number of nitrogen functional groups attached to an aromatic ring is 1. The van der Waals surface area contributed by atoms with Crippen LogP contribution in [0.2, 0.25) is 0 Å². The average Bonchev–Trinajstić information content (AvgIpc) is 2.54. The number of hydrogen-bond acceptors (Lipinski definition) is 4. The molecule has 0 radical (unpaired) electrons. The van der Waals surface area contributed by atoms with Crippen LogP contribution >= 0.6 is 15.9 Å². The Morgan fingerprint density at radius 1 is 1.59 bits per heavy atom. The zero-order valence-electron chi connectivity index (χ0n) is 8.85. The van der Waals surface area contributed by atoms with E-state index in [1.165, 1.54) is 0 Å². The molecule has 2 aromatic rings. The SMILES string of the molecule is NC(=O)NCCn1c(N)nc2cc(Br)cnc21. The molecule has 2 rings (SSSR count). The molecule has 8 heteroatoms. The Kier molecular flexibility index (Phi) is 3.14. The summed E-state index contributed by atoms with van der Waals surface area (Å²) in [7, 11) is 0. The highest BCUT2D eigenvalue weighted by molar-refractivity contribution is 9.10. The molecule has 2 heterocycles. The lowest BCUT2D eigenvalue weighted by atomic mass is 10.4. The minimum absolute atomic E-state index is 0.358. The lowest BCUT2D eigenvalue weighted by Crippen LogP contribution is -2.32. The van der Waals surface area contributed by atoms with E-state index in [0.29, 0.717) is 30.2 Å². The Morgan fingerprint density at radius 2 is 2.35 bits per heavy atom. The lowest BCUT2D eigenvalue weighted by Gasteiger charge is -2.05. The van der Waals surface area contributed by atoms with E-state index in [1.807, 2.05) is 6.07 Å². The van der Waals surface area contributed by atoms with E-state index in [9.17, 15) is 4.79 Å². The van der Waals surface area contributed by atoms with Crippen LogP contribution in [0, 0.1) is 0 Å². The second-order valence-corrected chi connectivity index (χ2v) is 4.32. The number of primary amides is 1. The first kappa shape index (κ1) is 11.6. The number of carbonyl (C=O) groups is 1. The molecule has 0 fully saturated rings. The minimum atomic E-state index is -0.566. The van der Waals surface area contributed by atoms with Crippen molar-refractivity contribution in [3.8, 4) is 0 Å². The molecule has 0 bridgehead atoms. The number of fused-ring (bicyclic) bond motifs is 1. The minimum Gasteiger partial charge on any atom is -0.369 e. The molecule has 0 aliphatic rings. The van der Waals surface area contributed by atoms with Crippen molar-refractivity contribution in [1.82, 2.24) is 19.9 Å². The van der Waals surface area contributed by atoms with Crippen LogP contribution in [-0.2, 0) is 6.54 Å². The number of pyridine rings is 1. The Hall–Kier alpha value is -1.83. The van der Waals surface area contributed by atoms with Crippen molar-refractivity contribution in [3.05, 3.63) is 16.7 Å². The van der Waals surface area contributed by atoms with Gasteiger partial charge in [-0.15, -0.1) is 0 Å². The van der Waals surface area contributed by atoms with Gasteiger partial charge in [-0.1, -0.05) is 0 Å². The molecule has 0 saturated carbocycles. The third-order valence-corrected chi connectivity index (χ3v) is 2.65. The van der Waals surface area contributed by atoms with Gasteiger partial charge in [0.25, 0.3) is 0 Å². The van der Waals surface area contributed by atoms with E-state index in [0.717, 1.165) is 4.47 Å². The molecule has 2 amide bonds. The molecule has 5 N–H and O–H groups in total. The number of rotatable bonds is 3. The van der Waals surface area contributed by atoms with Gasteiger partial charge in [-0.25, -0.2) is 14.8 Å². The van der Waals surface area contributed by atoms with Crippen LogP contribution in [0.4, 0.5) is 10.7 Å². The van der Waals surface area contributed by atoms with E-state index >= 15 is 0 Å². The molecule has 0 aliphatic heterocycles. The van der Waals surface area contributed by atoms with Gasteiger partial charge in [-0.05, 0) is 22.0 Å². The Bertz CT molecular complexity index is 566. The summed E-state index contributed by atoms with van der Waals surface area (Å²) in [4.78, 5) is 19.0. The van der Waals surface area contributed by atoms with Crippen LogP contribution in [0.5, 0.6) is 0 Å². The number of nitrogens with zero attached hydrogens (tertiary/aromatic N) is 3. The molecule has 0 aromatic carbocycles. The number of hydrogen-bond donors (Lipinski definition) is 3. The van der Waals surface area contributed by atoms with Crippen molar-refractivity contribution in [3.63, 3.8) is 0 Å². The topological polar surface area (TPSA) is 112 Å². The van der Waals surface area contributed by atoms with E-state index in [-0.39, 0.29) is 0 Å². The van der Waals surface area contributed by atoms with Gasteiger partial charge in [0.05, 0.1) is 0 Å². The largest absolute Gasteiger partial charge is 0.369 e. The summed E-state index contributed by atoms with van der Waals surface area (Å²) in [5, 5.41) is 2.48. The fourth-order valence-electron chi connectivity index (χ4n) is 1.52. The van der Waals surface area contributed by atoms with Gasteiger partial charge in [0.1, 0.15) is 5.52 Å². The molecule has 0 spiro atoms. The monoisotopic (exact) mass is 298 g/mol. The maximum Gasteiger partial charge on any atom is 0.312 e.